The Morgan fingerprint density at radius 3 is 2.26 bits per heavy atom. The first-order chi connectivity index (χ1) is 17.8. The summed E-state index contributed by atoms with van der Waals surface area (Å²) in [5.74, 6) is -1.09. The number of alkyl halides is 3. The van der Waals surface area contributed by atoms with Crippen LogP contribution in [0.2, 0.25) is 5.02 Å². The van der Waals surface area contributed by atoms with E-state index in [1.807, 2.05) is 20.8 Å². The molecule has 0 aromatic heterocycles. The van der Waals surface area contributed by atoms with Gasteiger partial charge in [-0.2, -0.15) is 13.2 Å². The summed E-state index contributed by atoms with van der Waals surface area (Å²) in [7, 11) is 0. The Balaban J connectivity index is 1.40. The fourth-order valence-electron chi connectivity index (χ4n) is 4.44. The van der Waals surface area contributed by atoms with Gasteiger partial charge >= 0.3 is 12.3 Å². The Labute approximate surface area is 224 Å². The molecule has 1 saturated heterocycles. The average molecular weight is 551 g/mol. The van der Waals surface area contributed by atoms with E-state index in [4.69, 9.17) is 16.3 Å². The highest BCUT2D eigenvalue weighted by Crippen LogP contribution is 2.38. The number of halogens is 4. The number of likely N-dealkylation sites (tertiary alicyclic amines) is 1. The molecule has 4 rings (SSSR count). The largest absolute Gasteiger partial charge is 0.444 e. The van der Waals surface area contributed by atoms with Gasteiger partial charge in [0.1, 0.15) is 5.60 Å². The van der Waals surface area contributed by atoms with Gasteiger partial charge in [-0.25, -0.2) is 10.2 Å². The van der Waals surface area contributed by atoms with Crippen molar-refractivity contribution in [3.05, 3.63) is 71.4 Å². The third-order valence-electron chi connectivity index (χ3n) is 6.47. The zero-order chi connectivity index (χ0) is 27.7. The first-order valence-electron chi connectivity index (χ1n) is 12.3. The molecule has 2 heterocycles. The number of anilines is 2. The number of amides is 2. The summed E-state index contributed by atoms with van der Waals surface area (Å²) in [6, 6.07) is 13.1. The summed E-state index contributed by atoms with van der Waals surface area (Å²) >= 11 is 6.13. The second-order valence-corrected chi connectivity index (χ2v) is 10.8. The van der Waals surface area contributed by atoms with Crippen molar-refractivity contribution in [1.29, 1.82) is 0 Å². The Kier molecular flexibility index (Phi) is 7.67. The zero-order valence-electron chi connectivity index (χ0n) is 21.3. The van der Waals surface area contributed by atoms with Gasteiger partial charge in [0.25, 0.3) is 5.91 Å². The smallest absolute Gasteiger partial charge is 0.421 e. The van der Waals surface area contributed by atoms with E-state index in [0.717, 1.165) is 35.7 Å². The van der Waals surface area contributed by atoms with Crippen molar-refractivity contribution in [2.75, 3.05) is 23.4 Å². The Morgan fingerprint density at radius 2 is 1.68 bits per heavy atom. The molecule has 1 atom stereocenters. The Morgan fingerprint density at radius 1 is 1.05 bits per heavy atom. The van der Waals surface area contributed by atoms with E-state index in [1.54, 1.807) is 53.4 Å². The number of carbonyl (C=O) groups excluding carboxylic acids is 2. The van der Waals surface area contributed by atoms with Crippen LogP contribution in [0, 0.1) is 0 Å². The molecule has 11 heteroatoms. The van der Waals surface area contributed by atoms with Crippen LogP contribution in [0.5, 0.6) is 0 Å². The van der Waals surface area contributed by atoms with Crippen LogP contribution in [0.1, 0.15) is 45.1 Å². The standard InChI is InChI=1S/C27H30ClF3N4O3/c1-25(2,3)38-24(37)34-15-12-19(13-16-34)18-8-10-20(11-9-18)32-23(36)26(27(29,30)31)14-17-35(33-26)22-7-5-4-6-21(22)28/h4-11,14,17,19,33H,12-13,15-16H2,1-3H3,(H,32,36). The van der Waals surface area contributed by atoms with E-state index >= 15 is 0 Å². The molecule has 7 nitrogen and oxygen atoms in total. The van der Waals surface area contributed by atoms with Crippen molar-refractivity contribution in [3.8, 4) is 0 Å². The van der Waals surface area contributed by atoms with Crippen molar-refractivity contribution < 1.29 is 27.5 Å². The van der Waals surface area contributed by atoms with Gasteiger partial charge in [0.15, 0.2) is 0 Å². The van der Waals surface area contributed by atoms with Gasteiger partial charge in [0.05, 0.1) is 10.7 Å². The zero-order valence-corrected chi connectivity index (χ0v) is 22.1. The van der Waals surface area contributed by atoms with E-state index < -0.39 is 23.2 Å². The van der Waals surface area contributed by atoms with Crippen molar-refractivity contribution >= 4 is 35.0 Å². The maximum Gasteiger partial charge on any atom is 0.421 e. The number of nitrogens with zero attached hydrogens (tertiary/aromatic N) is 2. The van der Waals surface area contributed by atoms with E-state index in [0.29, 0.717) is 13.1 Å². The first-order valence-corrected chi connectivity index (χ1v) is 12.6. The summed E-state index contributed by atoms with van der Waals surface area (Å²) < 4.78 is 48.0. The maximum atomic E-state index is 14.2. The van der Waals surface area contributed by atoms with Crippen molar-refractivity contribution in [2.45, 2.75) is 56.8 Å². The van der Waals surface area contributed by atoms with Crippen molar-refractivity contribution in [2.24, 2.45) is 0 Å². The number of ether oxygens (including phenoxy) is 1. The Hall–Kier alpha value is -3.24. The van der Waals surface area contributed by atoms with Crippen LogP contribution in [-0.4, -0.2) is 47.3 Å². The van der Waals surface area contributed by atoms with Crippen molar-refractivity contribution in [3.63, 3.8) is 0 Å². The lowest BCUT2D eigenvalue weighted by Gasteiger charge is -2.33. The average Bonchev–Trinajstić information content (AvgIpc) is 3.31. The van der Waals surface area contributed by atoms with E-state index in [1.165, 1.54) is 0 Å². The number of hydrazine groups is 1. The van der Waals surface area contributed by atoms with E-state index in [2.05, 4.69) is 10.7 Å². The highest BCUT2D eigenvalue weighted by atomic mass is 35.5. The van der Waals surface area contributed by atoms with Gasteiger partial charge in [0.2, 0.25) is 5.54 Å². The topological polar surface area (TPSA) is 73.9 Å². The number of carbonyl (C=O) groups is 2. The summed E-state index contributed by atoms with van der Waals surface area (Å²) in [6.45, 7) is 6.56. The van der Waals surface area contributed by atoms with Gasteiger partial charge in [-0.1, -0.05) is 35.9 Å². The number of hydrogen-bond donors (Lipinski definition) is 2. The molecular weight excluding hydrogens is 521 g/mol. The summed E-state index contributed by atoms with van der Waals surface area (Å²) in [5.41, 5.74) is 0.244. The molecule has 2 aliphatic heterocycles. The number of piperidine rings is 1. The lowest BCUT2D eigenvalue weighted by atomic mass is 9.89. The first kappa shape index (κ1) is 27.8. The molecule has 1 fully saturated rings. The molecule has 0 aliphatic carbocycles. The van der Waals surface area contributed by atoms with Gasteiger partial charge in [-0.3, -0.25) is 9.80 Å². The fourth-order valence-corrected chi connectivity index (χ4v) is 4.67. The molecule has 2 aromatic rings. The molecule has 204 valence electrons. The normalized spacial score (nSPS) is 20.5. The second-order valence-electron chi connectivity index (χ2n) is 10.4. The maximum absolute atomic E-state index is 14.2. The molecule has 0 saturated carbocycles. The molecular formula is C27H30ClF3N4O3. The molecule has 2 N–H and O–H groups in total. The lowest BCUT2D eigenvalue weighted by molar-refractivity contribution is -0.183. The van der Waals surface area contributed by atoms with Crippen LogP contribution in [0.3, 0.4) is 0 Å². The molecule has 0 radical (unpaired) electrons. The van der Waals surface area contributed by atoms with Crippen LogP contribution < -0.4 is 15.8 Å². The number of nitrogens with one attached hydrogen (secondary N) is 2. The number of hydrogen-bond acceptors (Lipinski definition) is 5. The summed E-state index contributed by atoms with van der Waals surface area (Å²) in [5, 5.41) is 3.71. The summed E-state index contributed by atoms with van der Waals surface area (Å²) in [6.07, 6.45) is -1.88. The second kappa shape index (κ2) is 10.5. The third-order valence-corrected chi connectivity index (χ3v) is 6.79. The molecule has 0 bridgehead atoms. The molecule has 2 amide bonds. The fraction of sp³-hybridized carbons (Fsp3) is 0.407. The van der Waals surface area contributed by atoms with Gasteiger partial charge < -0.3 is 15.0 Å². The van der Waals surface area contributed by atoms with Gasteiger partial charge in [-0.15, -0.1) is 0 Å². The van der Waals surface area contributed by atoms with E-state index in [9.17, 15) is 22.8 Å². The highest BCUT2D eigenvalue weighted by molar-refractivity contribution is 6.33. The molecule has 1 unspecified atom stereocenters. The van der Waals surface area contributed by atoms with Gasteiger partial charge in [0, 0.05) is 25.0 Å². The summed E-state index contributed by atoms with van der Waals surface area (Å²) in [4.78, 5) is 26.9. The minimum absolute atomic E-state index is 0.184. The molecule has 0 spiro atoms. The minimum Gasteiger partial charge on any atom is -0.444 e. The predicted molar refractivity (Wildman–Crippen MR) is 140 cm³/mol. The molecule has 2 aliphatic rings. The van der Waals surface area contributed by atoms with E-state index in [-0.39, 0.29) is 28.4 Å². The van der Waals surface area contributed by atoms with Crippen molar-refractivity contribution in [1.82, 2.24) is 10.3 Å². The quantitative estimate of drug-likeness (QED) is 0.472. The molecule has 38 heavy (non-hydrogen) atoms. The molecule has 2 aromatic carbocycles. The van der Waals surface area contributed by atoms with Crippen LogP contribution in [-0.2, 0) is 9.53 Å². The lowest BCUT2D eigenvalue weighted by Crippen LogP contribution is -2.63. The highest BCUT2D eigenvalue weighted by Gasteiger charge is 2.62. The van der Waals surface area contributed by atoms with Crippen LogP contribution in [0.15, 0.2) is 60.8 Å². The minimum atomic E-state index is -4.92. The van der Waals surface area contributed by atoms with Crippen LogP contribution in [0.25, 0.3) is 0 Å². The SMILES string of the molecule is CC(C)(C)OC(=O)N1CCC(c2ccc(NC(=O)C3(C(F)(F)F)C=CN(c4ccccc4Cl)N3)cc2)CC1. The number of benzene rings is 2. The van der Waals surface area contributed by atoms with Crippen LogP contribution in [0.4, 0.5) is 29.3 Å². The Bertz CT molecular complexity index is 1210. The predicted octanol–water partition coefficient (Wildman–Crippen LogP) is 6.23. The number of para-hydroxylation sites is 1. The van der Waals surface area contributed by atoms with Gasteiger partial charge in [-0.05, 0) is 75.4 Å². The number of rotatable bonds is 4. The monoisotopic (exact) mass is 550 g/mol. The van der Waals surface area contributed by atoms with Crippen LogP contribution >= 0.6 is 11.6 Å². The third kappa shape index (κ3) is 5.91.